The number of aliphatic imine (C=N–C) groups is 1. The molecule has 114 valence electrons. The highest BCUT2D eigenvalue weighted by atomic mass is 19.4. The molecule has 0 saturated heterocycles. The number of esters is 1. The van der Waals surface area contributed by atoms with Crippen molar-refractivity contribution in [1.82, 2.24) is 0 Å². The van der Waals surface area contributed by atoms with E-state index in [4.69, 9.17) is 9.47 Å². The third kappa shape index (κ3) is 4.21. The van der Waals surface area contributed by atoms with E-state index in [1.165, 1.54) is 19.1 Å². The van der Waals surface area contributed by atoms with E-state index in [9.17, 15) is 18.0 Å². The molecule has 1 aromatic rings. The molecule has 1 aromatic carbocycles. The van der Waals surface area contributed by atoms with Gasteiger partial charge in [0.05, 0.1) is 18.6 Å². The molecular formula is C14H14F3NO3. The van der Waals surface area contributed by atoms with E-state index in [2.05, 4.69) is 4.99 Å². The Morgan fingerprint density at radius 3 is 2.62 bits per heavy atom. The Labute approximate surface area is 119 Å². The van der Waals surface area contributed by atoms with Crippen LogP contribution < -0.4 is 0 Å². The summed E-state index contributed by atoms with van der Waals surface area (Å²) in [6.45, 7) is 1.76. The number of carbonyl (C=O) groups is 1. The Hall–Kier alpha value is -2.05. The van der Waals surface area contributed by atoms with Crippen molar-refractivity contribution in [3.63, 3.8) is 0 Å². The van der Waals surface area contributed by atoms with Crippen LogP contribution in [-0.2, 0) is 20.4 Å². The Kier molecular flexibility index (Phi) is 4.50. The van der Waals surface area contributed by atoms with Gasteiger partial charge in [0, 0.05) is 6.92 Å². The zero-order chi connectivity index (χ0) is 15.5. The molecule has 1 unspecified atom stereocenters. The van der Waals surface area contributed by atoms with E-state index in [0.29, 0.717) is 17.9 Å². The van der Waals surface area contributed by atoms with Gasteiger partial charge in [-0.2, -0.15) is 13.2 Å². The first-order valence-electron chi connectivity index (χ1n) is 6.36. The van der Waals surface area contributed by atoms with E-state index >= 15 is 0 Å². The molecule has 0 aliphatic carbocycles. The molecule has 21 heavy (non-hydrogen) atoms. The molecule has 0 aromatic heterocycles. The summed E-state index contributed by atoms with van der Waals surface area (Å²) in [5, 5.41) is 0. The summed E-state index contributed by atoms with van der Waals surface area (Å²) >= 11 is 0. The fourth-order valence-corrected chi connectivity index (χ4v) is 1.91. The molecule has 0 bridgehead atoms. The van der Waals surface area contributed by atoms with Crippen molar-refractivity contribution in [2.45, 2.75) is 25.6 Å². The van der Waals surface area contributed by atoms with Crippen LogP contribution in [0.15, 0.2) is 29.3 Å². The molecule has 0 N–H and O–H groups in total. The van der Waals surface area contributed by atoms with Crippen molar-refractivity contribution < 1.29 is 27.4 Å². The summed E-state index contributed by atoms with van der Waals surface area (Å²) in [5.74, 6) is 0.0639. The lowest BCUT2D eigenvalue weighted by Crippen LogP contribution is -2.07. The lowest BCUT2D eigenvalue weighted by Gasteiger charge is -2.09. The molecule has 0 spiro atoms. The number of hydrogen-bond donors (Lipinski definition) is 0. The van der Waals surface area contributed by atoms with Crippen molar-refractivity contribution in [1.29, 1.82) is 0 Å². The number of benzene rings is 1. The van der Waals surface area contributed by atoms with Crippen LogP contribution in [-0.4, -0.2) is 25.1 Å². The molecule has 2 rings (SSSR count). The predicted molar refractivity (Wildman–Crippen MR) is 68.8 cm³/mol. The van der Waals surface area contributed by atoms with Crippen molar-refractivity contribution in [3.8, 4) is 0 Å². The largest absolute Gasteiger partial charge is 0.478 e. The number of nitrogens with zero attached hydrogens (tertiary/aromatic N) is 1. The molecule has 1 heterocycles. The zero-order valence-electron chi connectivity index (χ0n) is 11.3. The normalized spacial score (nSPS) is 18.1. The second kappa shape index (κ2) is 6.15. The van der Waals surface area contributed by atoms with E-state index < -0.39 is 11.7 Å². The number of ether oxygens (including phenoxy) is 2. The number of alkyl halides is 3. The van der Waals surface area contributed by atoms with Crippen LogP contribution in [0.4, 0.5) is 13.2 Å². The monoisotopic (exact) mass is 301 g/mol. The van der Waals surface area contributed by atoms with Crippen molar-refractivity contribution in [2.75, 3.05) is 13.2 Å². The summed E-state index contributed by atoms with van der Waals surface area (Å²) in [7, 11) is 0. The topological polar surface area (TPSA) is 47.9 Å². The smallest absolute Gasteiger partial charge is 0.416 e. The lowest BCUT2D eigenvalue weighted by molar-refractivity contribution is -0.140. The van der Waals surface area contributed by atoms with Gasteiger partial charge >= 0.3 is 12.1 Å². The minimum absolute atomic E-state index is 0.175. The van der Waals surface area contributed by atoms with Crippen LogP contribution >= 0.6 is 0 Å². The van der Waals surface area contributed by atoms with Gasteiger partial charge in [-0.25, -0.2) is 4.99 Å². The SMILES string of the molecule is CC(=O)OCCC1=NC(c2ccc(C(F)(F)F)cc2)CO1. The third-order valence-corrected chi connectivity index (χ3v) is 2.95. The minimum Gasteiger partial charge on any atom is -0.478 e. The third-order valence-electron chi connectivity index (χ3n) is 2.95. The first-order valence-corrected chi connectivity index (χ1v) is 6.36. The van der Waals surface area contributed by atoms with Gasteiger partial charge in [-0.15, -0.1) is 0 Å². The molecule has 0 radical (unpaired) electrons. The second-order valence-corrected chi connectivity index (χ2v) is 4.56. The van der Waals surface area contributed by atoms with Crippen LogP contribution in [0.25, 0.3) is 0 Å². The van der Waals surface area contributed by atoms with Gasteiger partial charge in [0.1, 0.15) is 12.6 Å². The summed E-state index contributed by atoms with van der Waals surface area (Å²) < 4.78 is 47.5. The van der Waals surface area contributed by atoms with E-state index in [1.54, 1.807) is 0 Å². The van der Waals surface area contributed by atoms with Crippen LogP contribution in [0, 0.1) is 0 Å². The van der Waals surface area contributed by atoms with Crippen LogP contribution in [0.1, 0.15) is 30.5 Å². The molecule has 0 amide bonds. The van der Waals surface area contributed by atoms with Gasteiger partial charge < -0.3 is 9.47 Å². The molecular weight excluding hydrogens is 287 g/mol. The van der Waals surface area contributed by atoms with E-state index in [0.717, 1.165) is 12.1 Å². The molecule has 0 saturated carbocycles. The maximum absolute atomic E-state index is 12.5. The number of carbonyl (C=O) groups excluding carboxylic acids is 1. The van der Waals surface area contributed by atoms with Crippen LogP contribution in [0.2, 0.25) is 0 Å². The summed E-state index contributed by atoms with van der Waals surface area (Å²) in [5.41, 5.74) is -0.0327. The molecule has 1 atom stereocenters. The Balaban J connectivity index is 1.97. The molecule has 0 fully saturated rings. The highest BCUT2D eigenvalue weighted by Crippen LogP contribution is 2.31. The summed E-state index contributed by atoms with van der Waals surface area (Å²) in [6.07, 6.45) is -3.99. The number of hydrogen-bond acceptors (Lipinski definition) is 4. The van der Waals surface area contributed by atoms with Crippen molar-refractivity contribution in [3.05, 3.63) is 35.4 Å². The van der Waals surface area contributed by atoms with E-state index in [-0.39, 0.29) is 25.2 Å². The van der Waals surface area contributed by atoms with Crippen LogP contribution in [0.3, 0.4) is 0 Å². The quantitative estimate of drug-likeness (QED) is 0.803. The summed E-state index contributed by atoms with van der Waals surface area (Å²) in [4.78, 5) is 14.9. The highest BCUT2D eigenvalue weighted by molar-refractivity contribution is 5.78. The molecule has 4 nitrogen and oxygen atoms in total. The molecule has 7 heteroatoms. The van der Waals surface area contributed by atoms with Gasteiger partial charge in [-0.1, -0.05) is 12.1 Å². The Morgan fingerprint density at radius 2 is 2.05 bits per heavy atom. The Bertz CT molecular complexity index is 537. The van der Waals surface area contributed by atoms with E-state index in [1.807, 2.05) is 0 Å². The predicted octanol–water partition coefficient (Wildman–Crippen LogP) is 3.13. The van der Waals surface area contributed by atoms with Gasteiger partial charge in [0.25, 0.3) is 0 Å². The van der Waals surface area contributed by atoms with Crippen molar-refractivity contribution >= 4 is 11.9 Å². The van der Waals surface area contributed by atoms with Crippen molar-refractivity contribution in [2.24, 2.45) is 4.99 Å². The van der Waals surface area contributed by atoms with Crippen LogP contribution in [0.5, 0.6) is 0 Å². The fourth-order valence-electron chi connectivity index (χ4n) is 1.91. The van der Waals surface area contributed by atoms with Gasteiger partial charge in [0.15, 0.2) is 5.90 Å². The lowest BCUT2D eigenvalue weighted by atomic mass is 10.1. The minimum atomic E-state index is -4.34. The average molecular weight is 301 g/mol. The fraction of sp³-hybridized carbons (Fsp3) is 0.429. The zero-order valence-corrected chi connectivity index (χ0v) is 11.3. The number of halogens is 3. The van der Waals surface area contributed by atoms with Gasteiger partial charge in [-0.05, 0) is 17.7 Å². The standard InChI is InChI=1S/C14H14F3NO3/c1-9(19)20-7-6-13-18-12(8-21-13)10-2-4-11(5-3-10)14(15,16)17/h2-5,12H,6-8H2,1H3. The second-order valence-electron chi connectivity index (χ2n) is 4.56. The first-order chi connectivity index (χ1) is 9.86. The Morgan fingerprint density at radius 1 is 1.38 bits per heavy atom. The highest BCUT2D eigenvalue weighted by Gasteiger charge is 2.30. The van der Waals surface area contributed by atoms with Gasteiger partial charge in [0.2, 0.25) is 0 Å². The molecule has 1 aliphatic rings. The number of rotatable bonds is 4. The maximum Gasteiger partial charge on any atom is 0.416 e. The molecule has 1 aliphatic heterocycles. The summed E-state index contributed by atoms with van der Waals surface area (Å²) in [6, 6.07) is 4.54. The maximum atomic E-state index is 12.5. The van der Waals surface area contributed by atoms with Gasteiger partial charge in [-0.3, -0.25) is 4.79 Å². The average Bonchev–Trinajstić information content (AvgIpc) is 2.86. The first kappa shape index (κ1) is 15.3.